The molecule has 3 heteroatoms. The number of hydrogen-bond donors (Lipinski definition) is 1. The fraction of sp³-hybridized carbons (Fsp3) is 0.864. The van der Waals surface area contributed by atoms with Gasteiger partial charge in [0.15, 0.2) is 0 Å². The molecule has 0 aromatic rings. The molecule has 0 radical (unpaired) electrons. The van der Waals surface area contributed by atoms with E-state index in [1.54, 1.807) is 0 Å². The SMILES string of the molecule is CCCCCCCCCCCCCCC=CCC1CN(CC)C(O)=N1. The van der Waals surface area contributed by atoms with Crippen molar-refractivity contribution in [3.63, 3.8) is 0 Å². The fourth-order valence-corrected chi connectivity index (χ4v) is 3.49. The van der Waals surface area contributed by atoms with Gasteiger partial charge < -0.3 is 10.0 Å². The standard InChI is InChI=1S/C22H42N2O/c1-3-5-6-7-8-9-10-11-12-13-14-15-16-17-18-19-21-20-24(4-2)22(25)23-21/h17-18,21H,3-16,19-20H2,1-2H3,(H,23,25). The lowest BCUT2D eigenvalue weighted by atomic mass is 10.0. The van der Waals surface area contributed by atoms with Crippen molar-refractivity contribution < 1.29 is 5.11 Å². The van der Waals surface area contributed by atoms with Gasteiger partial charge >= 0.3 is 0 Å². The molecular formula is C22H42N2O. The molecule has 0 amide bonds. The summed E-state index contributed by atoms with van der Waals surface area (Å²) < 4.78 is 0. The number of aliphatic imine (C=N–C) groups is 1. The Labute approximate surface area is 156 Å². The van der Waals surface area contributed by atoms with Crippen molar-refractivity contribution in [2.75, 3.05) is 13.1 Å². The van der Waals surface area contributed by atoms with Crippen LogP contribution in [0.3, 0.4) is 0 Å². The summed E-state index contributed by atoms with van der Waals surface area (Å²) in [6, 6.07) is 0.472. The Morgan fingerprint density at radius 2 is 1.44 bits per heavy atom. The van der Waals surface area contributed by atoms with Crippen molar-refractivity contribution in [1.82, 2.24) is 4.90 Å². The van der Waals surface area contributed by atoms with Crippen LogP contribution in [-0.4, -0.2) is 35.2 Å². The fourth-order valence-electron chi connectivity index (χ4n) is 3.49. The number of rotatable bonds is 16. The van der Waals surface area contributed by atoms with E-state index in [9.17, 15) is 5.11 Å². The zero-order chi connectivity index (χ0) is 18.2. The van der Waals surface area contributed by atoms with E-state index in [0.29, 0.717) is 0 Å². The van der Waals surface area contributed by atoms with Crippen LogP contribution in [0, 0.1) is 0 Å². The van der Waals surface area contributed by atoms with Crippen LogP contribution < -0.4 is 0 Å². The van der Waals surface area contributed by atoms with Gasteiger partial charge in [0.05, 0.1) is 6.04 Å². The van der Waals surface area contributed by atoms with Gasteiger partial charge in [-0.3, -0.25) is 0 Å². The first-order chi connectivity index (χ1) is 12.3. The number of unbranched alkanes of at least 4 members (excludes halogenated alkanes) is 12. The zero-order valence-corrected chi connectivity index (χ0v) is 16.9. The molecule has 1 aliphatic rings. The van der Waals surface area contributed by atoms with E-state index in [4.69, 9.17) is 0 Å². The van der Waals surface area contributed by atoms with Crippen LogP contribution in [0.15, 0.2) is 17.1 Å². The second kappa shape index (κ2) is 15.3. The maximum atomic E-state index is 9.64. The van der Waals surface area contributed by atoms with E-state index in [1.807, 2.05) is 4.90 Å². The molecule has 3 nitrogen and oxygen atoms in total. The van der Waals surface area contributed by atoms with Crippen molar-refractivity contribution in [3.05, 3.63) is 12.2 Å². The topological polar surface area (TPSA) is 35.8 Å². The van der Waals surface area contributed by atoms with E-state index in [1.165, 1.54) is 83.5 Å². The Bertz CT molecular complexity index is 365. The number of allylic oxidation sites excluding steroid dienone is 1. The van der Waals surface area contributed by atoms with Crippen molar-refractivity contribution in [2.45, 2.75) is 110 Å². The van der Waals surface area contributed by atoms with Gasteiger partial charge in [0.25, 0.3) is 6.02 Å². The van der Waals surface area contributed by atoms with Crippen LogP contribution >= 0.6 is 0 Å². The maximum Gasteiger partial charge on any atom is 0.285 e. The molecule has 0 saturated carbocycles. The molecule has 1 unspecified atom stereocenters. The summed E-state index contributed by atoms with van der Waals surface area (Å²) in [6.07, 6.45) is 23.6. The first kappa shape index (κ1) is 22.1. The van der Waals surface area contributed by atoms with Crippen LogP contribution in [0.5, 0.6) is 0 Å². The summed E-state index contributed by atoms with van der Waals surface area (Å²) in [6.45, 7) is 6.04. The Balaban J connectivity index is 1.82. The predicted octanol–water partition coefficient (Wildman–Crippen LogP) is 6.64. The molecule has 0 fully saturated rings. The number of aliphatic hydroxyl groups excluding tert-OH is 1. The Morgan fingerprint density at radius 3 is 1.96 bits per heavy atom. The van der Waals surface area contributed by atoms with Crippen LogP contribution in [0.25, 0.3) is 0 Å². The van der Waals surface area contributed by atoms with E-state index in [-0.39, 0.29) is 12.1 Å². The first-order valence-corrected chi connectivity index (χ1v) is 10.9. The third kappa shape index (κ3) is 11.3. The van der Waals surface area contributed by atoms with Crippen LogP contribution in [0.2, 0.25) is 0 Å². The minimum absolute atomic E-state index is 0.224. The van der Waals surface area contributed by atoms with E-state index in [0.717, 1.165) is 19.5 Å². The van der Waals surface area contributed by atoms with Gasteiger partial charge in [-0.05, 0) is 26.2 Å². The molecular weight excluding hydrogens is 308 g/mol. The van der Waals surface area contributed by atoms with Crippen molar-refractivity contribution in [2.24, 2.45) is 4.99 Å². The molecule has 0 aliphatic carbocycles. The van der Waals surface area contributed by atoms with Gasteiger partial charge in [-0.15, -0.1) is 0 Å². The smallest absolute Gasteiger partial charge is 0.285 e. The van der Waals surface area contributed by atoms with Crippen molar-refractivity contribution >= 4 is 6.02 Å². The van der Waals surface area contributed by atoms with Crippen molar-refractivity contribution in [3.8, 4) is 0 Å². The second-order valence-corrected chi connectivity index (χ2v) is 7.51. The molecule has 0 saturated heterocycles. The molecule has 0 aromatic carbocycles. The number of nitrogens with zero attached hydrogens (tertiary/aromatic N) is 2. The van der Waals surface area contributed by atoms with Gasteiger partial charge in [-0.1, -0.05) is 89.7 Å². The van der Waals surface area contributed by atoms with Gasteiger partial charge in [-0.2, -0.15) is 0 Å². The van der Waals surface area contributed by atoms with Crippen molar-refractivity contribution in [1.29, 1.82) is 0 Å². The third-order valence-electron chi connectivity index (χ3n) is 5.19. The third-order valence-corrected chi connectivity index (χ3v) is 5.19. The highest BCUT2D eigenvalue weighted by Crippen LogP contribution is 2.14. The second-order valence-electron chi connectivity index (χ2n) is 7.51. The average Bonchev–Trinajstić information content (AvgIpc) is 2.98. The lowest BCUT2D eigenvalue weighted by Crippen LogP contribution is -2.28. The first-order valence-electron chi connectivity index (χ1n) is 10.9. The molecule has 1 aliphatic heterocycles. The quantitative estimate of drug-likeness (QED) is 0.250. The van der Waals surface area contributed by atoms with E-state index in [2.05, 4.69) is 31.0 Å². The van der Waals surface area contributed by atoms with Crippen LogP contribution in [-0.2, 0) is 0 Å². The molecule has 1 heterocycles. The number of amidine groups is 1. The highest BCUT2D eigenvalue weighted by atomic mass is 16.3. The maximum absolute atomic E-state index is 9.64. The molecule has 0 spiro atoms. The molecule has 0 aromatic heterocycles. The van der Waals surface area contributed by atoms with E-state index < -0.39 is 0 Å². The molecule has 1 atom stereocenters. The highest BCUT2D eigenvalue weighted by Gasteiger charge is 2.21. The largest absolute Gasteiger partial charge is 0.481 e. The molecule has 25 heavy (non-hydrogen) atoms. The number of hydrogen-bond acceptors (Lipinski definition) is 2. The predicted molar refractivity (Wildman–Crippen MR) is 111 cm³/mol. The molecule has 1 rings (SSSR count). The van der Waals surface area contributed by atoms with Gasteiger partial charge in [-0.25, -0.2) is 4.99 Å². The van der Waals surface area contributed by atoms with Gasteiger partial charge in [0.1, 0.15) is 0 Å². The normalized spacial score (nSPS) is 17.6. The summed E-state index contributed by atoms with van der Waals surface area (Å²) in [5.74, 6) is 0. The Hall–Kier alpha value is -0.990. The number of aliphatic hydroxyl groups is 1. The summed E-state index contributed by atoms with van der Waals surface area (Å²) in [4.78, 5) is 6.23. The Morgan fingerprint density at radius 1 is 0.880 bits per heavy atom. The Kier molecular flexibility index (Phi) is 13.5. The lowest BCUT2D eigenvalue weighted by molar-refractivity contribution is 0.367. The number of likely N-dealkylation sites (N-methyl/N-ethyl adjacent to an activating group) is 1. The molecule has 1 N–H and O–H groups in total. The summed E-state index contributed by atoms with van der Waals surface area (Å²) >= 11 is 0. The summed E-state index contributed by atoms with van der Waals surface area (Å²) in [7, 11) is 0. The zero-order valence-electron chi connectivity index (χ0n) is 16.9. The molecule has 146 valence electrons. The monoisotopic (exact) mass is 350 g/mol. The minimum atomic E-state index is 0.224. The lowest BCUT2D eigenvalue weighted by Gasteiger charge is -2.13. The average molecular weight is 351 g/mol. The van der Waals surface area contributed by atoms with E-state index >= 15 is 0 Å². The minimum Gasteiger partial charge on any atom is -0.481 e. The summed E-state index contributed by atoms with van der Waals surface area (Å²) in [5.41, 5.74) is 0. The summed E-state index contributed by atoms with van der Waals surface area (Å²) in [5, 5.41) is 9.64. The molecule has 0 bridgehead atoms. The van der Waals surface area contributed by atoms with Crippen LogP contribution in [0.1, 0.15) is 104 Å². The van der Waals surface area contributed by atoms with Gasteiger partial charge in [0, 0.05) is 13.1 Å². The van der Waals surface area contributed by atoms with Crippen LogP contribution in [0.4, 0.5) is 0 Å². The van der Waals surface area contributed by atoms with Gasteiger partial charge in [0.2, 0.25) is 0 Å². The highest BCUT2D eigenvalue weighted by molar-refractivity contribution is 5.73.